The number of Topliss-reactive ketones (excluding diaryl/α,β-unsaturated/α-hetero) is 1. The summed E-state index contributed by atoms with van der Waals surface area (Å²) in [5.41, 5.74) is -0.160. The maximum atomic E-state index is 13.4. The standard InChI is InChI=1S/C24H18ClN5O6S/c1-34-14-9-16(23(32)29(12-14)13-19(31)20-3-2-7-35-20)18-10-22(26-11-15-4-5-21(25)37-15)30(27-18)24(33)17-6-8-36-28-17/h2-10,12,26H,11,13H2,1H3. The Hall–Kier alpha value is -4.42. The predicted molar refractivity (Wildman–Crippen MR) is 134 cm³/mol. The summed E-state index contributed by atoms with van der Waals surface area (Å²) in [6, 6.07) is 11.2. The number of thiophene rings is 1. The first-order chi connectivity index (χ1) is 17.9. The molecular formula is C24H18ClN5O6S. The van der Waals surface area contributed by atoms with Crippen LogP contribution in [0.2, 0.25) is 4.34 Å². The number of anilines is 1. The zero-order valence-electron chi connectivity index (χ0n) is 19.2. The summed E-state index contributed by atoms with van der Waals surface area (Å²) in [6.45, 7) is 0.0774. The quantitative estimate of drug-likeness (QED) is 0.273. The van der Waals surface area contributed by atoms with E-state index in [1.165, 1.54) is 59.9 Å². The second kappa shape index (κ2) is 10.3. The molecule has 0 radical (unpaired) electrons. The highest BCUT2D eigenvalue weighted by molar-refractivity contribution is 7.16. The van der Waals surface area contributed by atoms with Crippen LogP contribution in [-0.2, 0) is 13.1 Å². The number of hydrogen-bond acceptors (Lipinski definition) is 10. The number of halogens is 1. The van der Waals surface area contributed by atoms with Gasteiger partial charge in [0, 0.05) is 23.2 Å². The van der Waals surface area contributed by atoms with Crippen molar-refractivity contribution >= 4 is 40.4 Å². The van der Waals surface area contributed by atoms with Gasteiger partial charge >= 0.3 is 5.91 Å². The van der Waals surface area contributed by atoms with Gasteiger partial charge in [-0.15, -0.1) is 11.3 Å². The minimum Gasteiger partial charge on any atom is -0.495 e. The van der Waals surface area contributed by atoms with E-state index in [0.717, 1.165) is 9.56 Å². The molecule has 0 atom stereocenters. The second-order valence-corrected chi connectivity index (χ2v) is 9.50. The van der Waals surface area contributed by atoms with Gasteiger partial charge in [-0.3, -0.25) is 14.4 Å². The fourth-order valence-electron chi connectivity index (χ4n) is 3.54. The van der Waals surface area contributed by atoms with E-state index in [1.54, 1.807) is 18.2 Å². The first-order valence-corrected chi connectivity index (χ1v) is 12.0. The van der Waals surface area contributed by atoms with Crippen LogP contribution in [0.15, 0.2) is 74.9 Å². The lowest BCUT2D eigenvalue weighted by molar-refractivity contribution is 0.0933. The van der Waals surface area contributed by atoms with Gasteiger partial charge in [0.25, 0.3) is 5.56 Å². The number of methoxy groups -OCH3 is 1. The number of furan rings is 1. The van der Waals surface area contributed by atoms with Crippen LogP contribution in [0.1, 0.15) is 25.9 Å². The van der Waals surface area contributed by atoms with Gasteiger partial charge in [-0.1, -0.05) is 16.8 Å². The smallest absolute Gasteiger partial charge is 0.302 e. The molecule has 5 heterocycles. The summed E-state index contributed by atoms with van der Waals surface area (Å²) >= 11 is 7.41. The molecule has 0 saturated heterocycles. The largest absolute Gasteiger partial charge is 0.495 e. The minimum atomic E-state index is -0.567. The lowest BCUT2D eigenvalue weighted by Crippen LogP contribution is -2.25. The summed E-state index contributed by atoms with van der Waals surface area (Å²) in [6.07, 6.45) is 4.07. The van der Waals surface area contributed by atoms with Crippen molar-refractivity contribution in [1.82, 2.24) is 19.5 Å². The second-order valence-electron chi connectivity index (χ2n) is 7.70. The first-order valence-electron chi connectivity index (χ1n) is 10.8. The van der Waals surface area contributed by atoms with Gasteiger partial charge in [-0.25, -0.2) is 0 Å². The van der Waals surface area contributed by atoms with Crippen LogP contribution in [0.3, 0.4) is 0 Å². The van der Waals surface area contributed by atoms with Crippen LogP contribution >= 0.6 is 22.9 Å². The van der Waals surface area contributed by atoms with Gasteiger partial charge in [0.15, 0.2) is 11.5 Å². The van der Waals surface area contributed by atoms with Crippen LogP contribution < -0.4 is 15.6 Å². The van der Waals surface area contributed by atoms with Crippen molar-refractivity contribution in [2.24, 2.45) is 0 Å². The minimum absolute atomic E-state index is 0.0314. The molecular weight excluding hydrogens is 522 g/mol. The SMILES string of the molecule is COc1cc(-c2cc(NCc3ccc(Cl)s3)n(C(=O)c3ccon3)n2)c(=O)n(CC(=O)c2ccco2)c1. The number of hydrogen-bond donors (Lipinski definition) is 1. The van der Waals surface area contributed by atoms with E-state index in [-0.39, 0.29) is 29.3 Å². The Bertz CT molecular complexity index is 1620. The average molecular weight is 540 g/mol. The molecule has 0 saturated carbocycles. The Morgan fingerprint density at radius 1 is 1.19 bits per heavy atom. The number of carbonyl (C=O) groups excluding carboxylic acids is 2. The number of nitrogens with one attached hydrogen (secondary N) is 1. The molecule has 0 spiro atoms. The van der Waals surface area contributed by atoms with Crippen molar-refractivity contribution in [3.63, 3.8) is 0 Å². The van der Waals surface area contributed by atoms with E-state index in [4.69, 9.17) is 25.3 Å². The highest BCUT2D eigenvalue weighted by Gasteiger charge is 2.22. The molecule has 0 fully saturated rings. The van der Waals surface area contributed by atoms with Gasteiger partial charge in [-0.05, 0) is 30.3 Å². The van der Waals surface area contributed by atoms with Gasteiger partial charge in [-0.2, -0.15) is 9.78 Å². The topological polar surface area (TPSA) is 134 Å². The molecule has 188 valence electrons. The van der Waals surface area contributed by atoms with Crippen LogP contribution in [0.4, 0.5) is 5.82 Å². The molecule has 37 heavy (non-hydrogen) atoms. The van der Waals surface area contributed by atoms with Crippen molar-refractivity contribution in [1.29, 1.82) is 0 Å². The summed E-state index contributed by atoms with van der Waals surface area (Å²) < 4.78 is 18.2. The maximum Gasteiger partial charge on any atom is 0.302 e. The van der Waals surface area contributed by atoms with Crippen molar-refractivity contribution in [2.45, 2.75) is 13.1 Å². The predicted octanol–water partition coefficient (Wildman–Crippen LogP) is 4.20. The highest BCUT2D eigenvalue weighted by Crippen LogP contribution is 2.26. The number of nitrogens with zero attached hydrogens (tertiary/aromatic N) is 4. The molecule has 0 aromatic carbocycles. The number of ketones is 1. The van der Waals surface area contributed by atoms with Crippen molar-refractivity contribution in [2.75, 3.05) is 12.4 Å². The summed E-state index contributed by atoms with van der Waals surface area (Å²) in [5, 5.41) is 11.2. The molecule has 5 aromatic heterocycles. The fraction of sp³-hybridized carbons (Fsp3) is 0.125. The molecule has 5 aromatic rings. The van der Waals surface area contributed by atoms with Crippen molar-refractivity contribution in [3.8, 4) is 17.0 Å². The summed E-state index contributed by atoms with van der Waals surface area (Å²) in [7, 11) is 1.44. The van der Waals surface area contributed by atoms with E-state index in [9.17, 15) is 14.4 Å². The van der Waals surface area contributed by atoms with E-state index in [1.807, 2.05) is 6.07 Å². The summed E-state index contributed by atoms with van der Waals surface area (Å²) in [4.78, 5) is 40.0. The monoisotopic (exact) mass is 539 g/mol. The average Bonchev–Trinajstić information content (AvgIpc) is 3.71. The third-order valence-corrected chi connectivity index (χ3v) is 6.54. The first kappa shape index (κ1) is 24.3. The number of pyridine rings is 1. The van der Waals surface area contributed by atoms with Crippen LogP contribution in [0, 0.1) is 0 Å². The lowest BCUT2D eigenvalue weighted by atomic mass is 10.2. The Labute approximate surface area is 217 Å². The van der Waals surface area contributed by atoms with Gasteiger partial charge in [0.2, 0.25) is 5.78 Å². The molecule has 0 aliphatic carbocycles. The van der Waals surface area contributed by atoms with E-state index < -0.39 is 17.2 Å². The fourth-order valence-corrected chi connectivity index (χ4v) is 4.57. The maximum absolute atomic E-state index is 13.4. The van der Waals surface area contributed by atoms with Crippen molar-refractivity contribution < 1.29 is 23.3 Å². The zero-order chi connectivity index (χ0) is 25.9. The Balaban J connectivity index is 1.54. The third-order valence-electron chi connectivity index (χ3n) is 5.31. The highest BCUT2D eigenvalue weighted by atomic mass is 35.5. The van der Waals surface area contributed by atoms with Crippen LogP contribution in [0.25, 0.3) is 11.3 Å². The van der Waals surface area contributed by atoms with Crippen LogP contribution in [-0.4, -0.2) is 38.3 Å². The van der Waals surface area contributed by atoms with E-state index in [2.05, 4.69) is 15.6 Å². The number of ether oxygens (including phenoxy) is 1. The van der Waals surface area contributed by atoms with Gasteiger partial charge in [0.1, 0.15) is 23.5 Å². The molecule has 0 unspecified atom stereocenters. The Morgan fingerprint density at radius 3 is 2.73 bits per heavy atom. The number of carbonyl (C=O) groups is 2. The van der Waals surface area contributed by atoms with Crippen LogP contribution in [0.5, 0.6) is 5.75 Å². The molecule has 0 bridgehead atoms. The van der Waals surface area contributed by atoms with Gasteiger partial charge in [0.05, 0.1) is 36.4 Å². The lowest BCUT2D eigenvalue weighted by Gasteiger charge is -2.09. The molecule has 5 rings (SSSR count). The molecule has 0 aliphatic rings. The third kappa shape index (κ3) is 5.10. The van der Waals surface area contributed by atoms with Crippen molar-refractivity contribution in [3.05, 3.63) is 92.2 Å². The molecule has 13 heteroatoms. The number of rotatable bonds is 9. The Kier molecular flexibility index (Phi) is 6.75. The normalized spacial score (nSPS) is 11.0. The molecule has 11 nitrogen and oxygen atoms in total. The zero-order valence-corrected chi connectivity index (χ0v) is 20.8. The molecule has 1 N–H and O–H groups in total. The Morgan fingerprint density at radius 2 is 2.05 bits per heavy atom. The number of aromatic nitrogens is 4. The van der Waals surface area contributed by atoms with E-state index in [0.29, 0.717) is 22.4 Å². The van der Waals surface area contributed by atoms with Gasteiger partial charge < -0.3 is 23.6 Å². The summed E-state index contributed by atoms with van der Waals surface area (Å²) in [5.74, 6) is -0.202. The van der Waals surface area contributed by atoms with E-state index >= 15 is 0 Å². The molecule has 0 aliphatic heterocycles. The molecule has 0 amide bonds.